The van der Waals surface area contributed by atoms with Gasteiger partial charge in [-0.2, -0.15) is 0 Å². The van der Waals surface area contributed by atoms with Crippen LogP contribution < -0.4 is 5.32 Å². The highest BCUT2D eigenvalue weighted by atomic mass is 19.1. The quantitative estimate of drug-likeness (QED) is 0.775. The third-order valence-electron chi connectivity index (χ3n) is 4.11. The minimum atomic E-state index is -0.306. The zero-order valence-electron chi connectivity index (χ0n) is 14.0. The molecule has 0 atom stereocenters. The lowest BCUT2D eigenvalue weighted by atomic mass is 10.1. The molecule has 0 spiro atoms. The Kier molecular flexibility index (Phi) is 6.14. The first-order valence-corrected chi connectivity index (χ1v) is 8.49. The van der Waals surface area contributed by atoms with Gasteiger partial charge in [-0.25, -0.2) is 4.39 Å². The van der Waals surface area contributed by atoms with E-state index in [1.807, 2.05) is 0 Å². The monoisotopic (exact) mass is 347 g/mol. The highest BCUT2D eigenvalue weighted by Gasteiger charge is 2.12. The van der Waals surface area contributed by atoms with Gasteiger partial charge in [0.1, 0.15) is 5.82 Å². The molecule has 1 saturated heterocycles. The highest BCUT2D eigenvalue weighted by molar-refractivity contribution is 5.78. The van der Waals surface area contributed by atoms with Crippen molar-refractivity contribution in [3.8, 4) is 11.3 Å². The fourth-order valence-electron chi connectivity index (χ4n) is 2.73. The van der Waals surface area contributed by atoms with Crippen LogP contribution in [0.2, 0.25) is 0 Å². The average molecular weight is 347 g/mol. The number of amides is 1. The second kappa shape index (κ2) is 8.73. The van der Waals surface area contributed by atoms with Crippen LogP contribution in [0.15, 0.2) is 34.9 Å². The number of nitrogens with one attached hydrogen (secondary N) is 1. The number of morpholine rings is 1. The fourth-order valence-corrected chi connectivity index (χ4v) is 2.73. The molecular formula is C18H22FN3O3. The third kappa shape index (κ3) is 5.37. The Bertz CT molecular complexity index is 681. The van der Waals surface area contributed by atoms with Gasteiger partial charge in [0.15, 0.2) is 5.76 Å². The fraction of sp³-hybridized carbons (Fsp3) is 0.444. The van der Waals surface area contributed by atoms with E-state index >= 15 is 0 Å². The number of hydrogen-bond acceptors (Lipinski definition) is 5. The van der Waals surface area contributed by atoms with E-state index < -0.39 is 0 Å². The summed E-state index contributed by atoms with van der Waals surface area (Å²) in [5, 5.41) is 6.80. The molecule has 1 fully saturated rings. The molecule has 2 aromatic rings. The van der Waals surface area contributed by atoms with Crippen LogP contribution in [0.5, 0.6) is 0 Å². The summed E-state index contributed by atoms with van der Waals surface area (Å²) in [5.41, 5.74) is 1.29. The lowest BCUT2D eigenvalue weighted by Crippen LogP contribution is -2.38. The normalized spacial score (nSPS) is 15.2. The summed E-state index contributed by atoms with van der Waals surface area (Å²) in [7, 11) is 0. The van der Waals surface area contributed by atoms with Crippen LogP contribution in [0.3, 0.4) is 0 Å². The summed E-state index contributed by atoms with van der Waals surface area (Å²) in [6.07, 6.45) is 1.08. The molecule has 1 aromatic carbocycles. The van der Waals surface area contributed by atoms with E-state index in [1.165, 1.54) is 12.1 Å². The smallest absolute Gasteiger partial charge is 0.226 e. The molecule has 1 aliphatic heterocycles. The Morgan fingerprint density at radius 2 is 2.00 bits per heavy atom. The van der Waals surface area contributed by atoms with Crippen molar-refractivity contribution >= 4 is 5.91 Å². The SMILES string of the molecule is O=C(Cc1cc(-c2ccc(F)cc2)on1)NCCCN1CCOCC1. The molecule has 1 N–H and O–H groups in total. The van der Waals surface area contributed by atoms with Gasteiger partial charge in [-0.15, -0.1) is 0 Å². The van der Waals surface area contributed by atoms with Crippen LogP contribution in [0, 0.1) is 5.82 Å². The van der Waals surface area contributed by atoms with Crippen molar-refractivity contribution in [2.45, 2.75) is 12.8 Å². The van der Waals surface area contributed by atoms with Crippen LogP contribution in [-0.2, 0) is 16.0 Å². The molecule has 0 saturated carbocycles. The summed E-state index contributed by atoms with van der Waals surface area (Å²) in [4.78, 5) is 14.3. The second-order valence-corrected chi connectivity index (χ2v) is 6.02. The van der Waals surface area contributed by atoms with E-state index in [1.54, 1.807) is 18.2 Å². The molecule has 0 radical (unpaired) electrons. The Balaban J connectivity index is 1.40. The zero-order valence-corrected chi connectivity index (χ0v) is 14.0. The Morgan fingerprint density at radius 1 is 1.24 bits per heavy atom. The predicted molar refractivity (Wildman–Crippen MR) is 90.5 cm³/mol. The molecule has 1 aromatic heterocycles. The Labute approximate surface area is 145 Å². The molecule has 2 heterocycles. The third-order valence-corrected chi connectivity index (χ3v) is 4.11. The molecular weight excluding hydrogens is 325 g/mol. The largest absolute Gasteiger partial charge is 0.379 e. The number of benzene rings is 1. The molecule has 0 unspecified atom stereocenters. The van der Waals surface area contributed by atoms with Gasteiger partial charge in [0, 0.05) is 31.3 Å². The van der Waals surface area contributed by atoms with Crippen LogP contribution in [0.1, 0.15) is 12.1 Å². The van der Waals surface area contributed by atoms with Crippen LogP contribution in [-0.4, -0.2) is 55.4 Å². The zero-order chi connectivity index (χ0) is 17.5. The minimum absolute atomic E-state index is 0.0825. The first kappa shape index (κ1) is 17.6. The summed E-state index contributed by atoms with van der Waals surface area (Å²) >= 11 is 0. The van der Waals surface area contributed by atoms with Gasteiger partial charge in [-0.3, -0.25) is 9.69 Å². The van der Waals surface area contributed by atoms with E-state index in [0.717, 1.165) is 44.8 Å². The summed E-state index contributed by atoms with van der Waals surface area (Å²) < 4.78 is 23.5. The number of hydrogen-bond donors (Lipinski definition) is 1. The van der Waals surface area contributed by atoms with Crippen molar-refractivity contribution in [2.75, 3.05) is 39.4 Å². The van der Waals surface area contributed by atoms with Gasteiger partial charge in [0.05, 0.1) is 25.3 Å². The molecule has 25 heavy (non-hydrogen) atoms. The summed E-state index contributed by atoms with van der Waals surface area (Å²) in [6, 6.07) is 7.66. The van der Waals surface area contributed by atoms with Gasteiger partial charge in [-0.05, 0) is 37.2 Å². The van der Waals surface area contributed by atoms with Crippen LogP contribution in [0.25, 0.3) is 11.3 Å². The first-order valence-electron chi connectivity index (χ1n) is 8.49. The van der Waals surface area contributed by atoms with Crippen molar-refractivity contribution in [3.63, 3.8) is 0 Å². The van der Waals surface area contributed by atoms with Crippen LogP contribution in [0.4, 0.5) is 4.39 Å². The topological polar surface area (TPSA) is 67.6 Å². The summed E-state index contributed by atoms with van der Waals surface area (Å²) in [6.45, 7) is 5.09. The highest BCUT2D eigenvalue weighted by Crippen LogP contribution is 2.20. The number of carbonyl (C=O) groups is 1. The molecule has 7 heteroatoms. The maximum Gasteiger partial charge on any atom is 0.226 e. The number of ether oxygens (including phenoxy) is 1. The first-order chi connectivity index (χ1) is 12.2. The molecule has 0 bridgehead atoms. The number of halogens is 1. The Morgan fingerprint density at radius 3 is 2.76 bits per heavy atom. The van der Waals surface area contributed by atoms with E-state index in [9.17, 15) is 9.18 Å². The molecule has 0 aliphatic carbocycles. The lowest BCUT2D eigenvalue weighted by molar-refractivity contribution is -0.120. The second-order valence-electron chi connectivity index (χ2n) is 6.02. The molecule has 1 aliphatic rings. The molecule has 1 amide bonds. The maximum atomic E-state index is 12.9. The number of carbonyl (C=O) groups excluding carboxylic acids is 1. The van der Waals surface area contributed by atoms with E-state index in [0.29, 0.717) is 18.0 Å². The Hall–Kier alpha value is -2.25. The molecule has 3 rings (SSSR count). The van der Waals surface area contributed by atoms with Gasteiger partial charge < -0.3 is 14.6 Å². The van der Waals surface area contributed by atoms with Crippen molar-refractivity contribution in [1.82, 2.24) is 15.4 Å². The van der Waals surface area contributed by atoms with E-state index in [2.05, 4.69) is 15.4 Å². The lowest BCUT2D eigenvalue weighted by Gasteiger charge is -2.26. The van der Waals surface area contributed by atoms with E-state index in [4.69, 9.17) is 9.26 Å². The van der Waals surface area contributed by atoms with Gasteiger partial charge in [0.25, 0.3) is 0 Å². The van der Waals surface area contributed by atoms with Crippen molar-refractivity contribution in [1.29, 1.82) is 0 Å². The van der Waals surface area contributed by atoms with Gasteiger partial charge in [0.2, 0.25) is 5.91 Å². The molecule has 134 valence electrons. The predicted octanol–water partition coefficient (Wildman–Crippen LogP) is 1.86. The maximum absolute atomic E-state index is 12.9. The van der Waals surface area contributed by atoms with E-state index in [-0.39, 0.29) is 18.1 Å². The summed E-state index contributed by atoms with van der Waals surface area (Å²) in [5.74, 6) is 0.135. The van der Waals surface area contributed by atoms with Crippen molar-refractivity contribution < 1.29 is 18.4 Å². The average Bonchev–Trinajstić information content (AvgIpc) is 3.09. The number of nitrogens with zero attached hydrogens (tertiary/aromatic N) is 2. The standard InChI is InChI=1S/C18H22FN3O3/c19-15-4-2-14(3-5-15)17-12-16(21-25-17)13-18(23)20-6-1-7-22-8-10-24-11-9-22/h2-5,12H,1,6-11,13H2,(H,20,23). The van der Waals surface area contributed by atoms with Gasteiger partial charge >= 0.3 is 0 Å². The van der Waals surface area contributed by atoms with Crippen molar-refractivity contribution in [2.24, 2.45) is 0 Å². The number of aromatic nitrogens is 1. The van der Waals surface area contributed by atoms with Gasteiger partial charge in [-0.1, -0.05) is 5.16 Å². The van der Waals surface area contributed by atoms with Crippen LogP contribution >= 0.6 is 0 Å². The number of rotatable bonds is 7. The minimum Gasteiger partial charge on any atom is -0.379 e. The van der Waals surface area contributed by atoms with Crippen molar-refractivity contribution in [3.05, 3.63) is 41.8 Å². The molecule has 6 nitrogen and oxygen atoms in total.